The van der Waals surface area contributed by atoms with Crippen molar-refractivity contribution in [2.45, 2.75) is 72.8 Å². The van der Waals surface area contributed by atoms with E-state index >= 15 is 0 Å². The molecule has 1 aliphatic heterocycles. The molecule has 200 valence electrons. The molecule has 0 aliphatic carbocycles. The van der Waals surface area contributed by atoms with Crippen LogP contribution in [0.3, 0.4) is 0 Å². The number of ketones is 1. The fourth-order valence-electron chi connectivity index (χ4n) is 4.19. The lowest BCUT2D eigenvalue weighted by atomic mass is 9.83. The molecule has 2 aromatic carbocycles. The van der Waals surface area contributed by atoms with Crippen molar-refractivity contribution in [3.63, 3.8) is 0 Å². The van der Waals surface area contributed by atoms with Crippen molar-refractivity contribution >= 4 is 34.7 Å². The van der Waals surface area contributed by atoms with Crippen molar-refractivity contribution < 1.29 is 14.6 Å². The van der Waals surface area contributed by atoms with Crippen molar-refractivity contribution in [1.29, 1.82) is 5.41 Å². The van der Waals surface area contributed by atoms with Crippen molar-refractivity contribution in [3.05, 3.63) is 75.4 Å². The van der Waals surface area contributed by atoms with Gasteiger partial charge in [0, 0.05) is 28.1 Å². The molecule has 0 saturated heterocycles. The highest BCUT2D eigenvalue weighted by Gasteiger charge is 2.29. The first-order chi connectivity index (χ1) is 17.6. The molecule has 0 amide bonds. The minimum absolute atomic E-state index is 0.0728. The van der Waals surface area contributed by atoms with E-state index in [0.29, 0.717) is 35.7 Å². The minimum atomic E-state index is -0.264. The summed E-state index contributed by atoms with van der Waals surface area (Å²) in [5.41, 5.74) is 12.1. The van der Waals surface area contributed by atoms with E-state index in [1.165, 1.54) is 6.21 Å². The minimum Gasteiger partial charge on any atom is -0.493 e. The van der Waals surface area contributed by atoms with Crippen LogP contribution in [0.1, 0.15) is 82.6 Å². The number of halogens is 1. The molecule has 2 aromatic rings. The first kappa shape index (κ1) is 30.3. The van der Waals surface area contributed by atoms with Gasteiger partial charge in [-0.25, -0.2) is 0 Å². The molecule has 0 saturated carbocycles. The third kappa shape index (κ3) is 7.80. The van der Waals surface area contributed by atoms with Crippen LogP contribution in [0, 0.1) is 11.3 Å². The summed E-state index contributed by atoms with van der Waals surface area (Å²) in [6.07, 6.45) is 5.23. The second-order valence-corrected chi connectivity index (χ2v) is 10.1. The van der Waals surface area contributed by atoms with E-state index in [9.17, 15) is 4.79 Å². The topological polar surface area (TPSA) is 96.4 Å². The predicted octanol–water partition coefficient (Wildman–Crippen LogP) is 7.19. The van der Waals surface area contributed by atoms with Gasteiger partial charge in [0.1, 0.15) is 5.75 Å². The van der Waals surface area contributed by atoms with E-state index in [1.54, 1.807) is 13.0 Å². The van der Waals surface area contributed by atoms with Gasteiger partial charge in [-0.3, -0.25) is 4.79 Å². The van der Waals surface area contributed by atoms with Gasteiger partial charge >= 0.3 is 0 Å². The Kier molecular flexibility index (Phi) is 11.6. The van der Waals surface area contributed by atoms with E-state index in [-0.39, 0.29) is 23.7 Å². The molecule has 0 aromatic heterocycles. The zero-order valence-corrected chi connectivity index (χ0v) is 23.7. The maximum atomic E-state index is 13.6. The van der Waals surface area contributed by atoms with Crippen molar-refractivity contribution in [2.24, 2.45) is 11.7 Å². The average molecular weight is 525 g/mol. The third-order valence-corrected chi connectivity index (χ3v) is 6.83. The van der Waals surface area contributed by atoms with Crippen LogP contribution < -0.4 is 10.5 Å². The number of carbonyl (C=O) groups excluding carboxylic acids is 1. The Morgan fingerprint density at radius 1 is 1.22 bits per heavy atom. The number of fused-ring (bicyclic) bond motifs is 1. The van der Waals surface area contributed by atoms with Gasteiger partial charge in [-0.05, 0) is 79.5 Å². The van der Waals surface area contributed by atoms with E-state index in [1.807, 2.05) is 51.1 Å². The summed E-state index contributed by atoms with van der Waals surface area (Å²) in [5, 5.41) is 16.8. The van der Waals surface area contributed by atoms with Crippen LogP contribution in [0.15, 0.2) is 48.2 Å². The van der Waals surface area contributed by atoms with Gasteiger partial charge in [-0.1, -0.05) is 63.6 Å². The number of benzene rings is 2. The van der Waals surface area contributed by atoms with Gasteiger partial charge in [0.15, 0.2) is 5.78 Å². The molecule has 37 heavy (non-hydrogen) atoms. The maximum absolute atomic E-state index is 13.6. The van der Waals surface area contributed by atoms with Gasteiger partial charge in [0.25, 0.3) is 0 Å². The molecule has 2 atom stereocenters. The Labute approximate surface area is 226 Å². The lowest BCUT2D eigenvalue weighted by Gasteiger charge is -2.26. The SMILES string of the molecule is C/C=C(/C(=O)C1COc2ccc(Cl)cc2C1)c1ccc(/C(C=N)=C(/N)CC)cc1C(C)C.CCC(C)O. The number of nitrogens with one attached hydrogen (secondary N) is 1. The molecular weight excluding hydrogens is 484 g/mol. The number of ether oxygens (including phenoxy) is 1. The number of rotatable bonds is 8. The van der Waals surface area contributed by atoms with E-state index in [0.717, 1.165) is 40.0 Å². The number of aliphatic hydroxyl groups excluding tert-OH is 1. The molecule has 4 N–H and O–H groups in total. The van der Waals surface area contributed by atoms with E-state index in [4.69, 9.17) is 32.6 Å². The lowest BCUT2D eigenvalue weighted by Crippen LogP contribution is -2.29. The summed E-state index contributed by atoms with van der Waals surface area (Å²) in [5.74, 6) is 0.806. The molecule has 5 nitrogen and oxygen atoms in total. The van der Waals surface area contributed by atoms with Crippen molar-refractivity contribution in [2.75, 3.05) is 6.61 Å². The quantitative estimate of drug-likeness (QED) is 0.251. The molecule has 0 bridgehead atoms. The zero-order valence-electron chi connectivity index (χ0n) is 22.9. The zero-order chi connectivity index (χ0) is 27.7. The first-order valence-electron chi connectivity index (χ1n) is 13.0. The molecule has 0 spiro atoms. The molecule has 0 radical (unpaired) electrons. The summed E-state index contributed by atoms with van der Waals surface area (Å²) in [4.78, 5) is 13.6. The fourth-order valence-corrected chi connectivity index (χ4v) is 4.38. The van der Waals surface area contributed by atoms with Crippen LogP contribution in [-0.2, 0) is 11.2 Å². The molecule has 0 fully saturated rings. The Balaban J connectivity index is 0.000000877. The molecule has 1 aliphatic rings. The van der Waals surface area contributed by atoms with Crippen LogP contribution in [0.2, 0.25) is 5.02 Å². The summed E-state index contributed by atoms with van der Waals surface area (Å²) in [6, 6.07) is 11.5. The fraction of sp³-hybridized carbons (Fsp3) is 0.419. The first-order valence-corrected chi connectivity index (χ1v) is 13.4. The van der Waals surface area contributed by atoms with Crippen LogP contribution in [0.4, 0.5) is 0 Å². The smallest absolute Gasteiger partial charge is 0.169 e. The van der Waals surface area contributed by atoms with Crippen molar-refractivity contribution in [3.8, 4) is 5.75 Å². The van der Waals surface area contributed by atoms with Crippen LogP contribution >= 0.6 is 11.6 Å². The van der Waals surface area contributed by atoms with Crippen LogP contribution in [0.25, 0.3) is 11.1 Å². The van der Waals surface area contributed by atoms with Crippen LogP contribution in [-0.4, -0.2) is 29.8 Å². The van der Waals surface area contributed by atoms with Crippen molar-refractivity contribution in [1.82, 2.24) is 0 Å². The average Bonchev–Trinajstić information content (AvgIpc) is 2.89. The summed E-state index contributed by atoms with van der Waals surface area (Å²) >= 11 is 6.15. The number of allylic oxidation sites excluding steroid dienone is 4. The maximum Gasteiger partial charge on any atom is 0.169 e. The molecule has 6 heteroatoms. The summed E-state index contributed by atoms with van der Waals surface area (Å²) in [6.45, 7) is 12.2. The van der Waals surface area contributed by atoms with Gasteiger partial charge < -0.3 is 21.0 Å². The summed E-state index contributed by atoms with van der Waals surface area (Å²) in [7, 11) is 0. The highest BCUT2D eigenvalue weighted by molar-refractivity contribution is 6.30. The number of nitrogens with two attached hydrogens (primary N) is 1. The summed E-state index contributed by atoms with van der Waals surface area (Å²) < 4.78 is 5.87. The standard InChI is InChI=1S/C27H31ClN2O2.C4H10O/c1-5-21(27(31)19-11-18-12-20(28)8-10-26(18)32-15-19)22-9-7-17(13-23(22)16(3)4)24(14-29)25(30)6-2;1-3-4(2)5/h5,7-10,12-14,16,19,29H,6,11,15,30H2,1-4H3;4-5H,3H2,1-2H3/b21-5+,25-24+,29-14?;. The Morgan fingerprint density at radius 3 is 2.43 bits per heavy atom. The second kappa shape index (κ2) is 14.2. The lowest BCUT2D eigenvalue weighted by molar-refractivity contribution is -0.118. The number of Topliss-reactive ketones (excluding diaryl/α,β-unsaturated/α-hetero) is 1. The number of hydrogen-bond acceptors (Lipinski definition) is 5. The molecular formula is C31H41ClN2O3. The van der Waals surface area contributed by atoms with Gasteiger partial charge in [-0.2, -0.15) is 0 Å². The number of carbonyl (C=O) groups is 1. The third-order valence-electron chi connectivity index (χ3n) is 6.59. The van der Waals surface area contributed by atoms with E-state index < -0.39 is 0 Å². The Bertz CT molecular complexity index is 1170. The highest BCUT2D eigenvalue weighted by atomic mass is 35.5. The molecule has 3 rings (SSSR count). The molecule has 1 heterocycles. The second-order valence-electron chi connectivity index (χ2n) is 9.68. The molecule has 2 unspecified atom stereocenters. The van der Waals surface area contributed by atoms with E-state index in [2.05, 4.69) is 19.9 Å². The number of aliphatic hydroxyl groups is 1. The van der Waals surface area contributed by atoms with Crippen LogP contribution in [0.5, 0.6) is 5.75 Å². The monoisotopic (exact) mass is 524 g/mol. The number of hydrogen-bond donors (Lipinski definition) is 3. The van der Waals surface area contributed by atoms with Gasteiger partial charge in [-0.15, -0.1) is 0 Å². The normalized spacial score (nSPS) is 16.6. The highest BCUT2D eigenvalue weighted by Crippen LogP contribution is 2.35. The predicted molar refractivity (Wildman–Crippen MR) is 155 cm³/mol. The Morgan fingerprint density at radius 2 is 1.89 bits per heavy atom. The Hall–Kier alpha value is -2.89. The van der Waals surface area contributed by atoms with Gasteiger partial charge in [0.05, 0.1) is 18.6 Å². The largest absolute Gasteiger partial charge is 0.493 e. The van der Waals surface area contributed by atoms with Gasteiger partial charge in [0.2, 0.25) is 0 Å².